The smallest absolute Gasteiger partial charge is 0.345 e. The number of carbonyl (C=O) groups is 1. The first kappa shape index (κ1) is 24.9. The topological polar surface area (TPSA) is 73.5 Å². The average molecular weight is 538 g/mol. The molecule has 2 aliphatic rings. The summed E-state index contributed by atoms with van der Waals surface area (Å²) in [6, 6.07) is 18.5. The highest BCUT2D eigenvalue weighted by molar-refractivity contribution is 6.08. The number of hydrogen-bond donors (Lipinski definition) is 2. The number of carbonyl (C=O) groups excluding carboxylic acids is 1. The van der Waals surface area contributed by atoms with Crippen LogP contribution in [0.15, 0.2) is 84.1 Å². The number of benzene rings is 3. The van der Waals surface area contributed by atoms with E-state index in [1.165, 1.54) is 23.1 Å². The van der Waals surface area contributed by atoms with Crippen molar-refractivity contribution in [3.05, 3.63) is 101 Å². The van der Waals surface area contributed by atoms with Crippen LogP contribution in [0.5, 0.6) is 0 Å². The Balaban J connectivity index is 1.27. The summed E-state index contributed by atoms with van der Waals surface area (Å²) in [5.74, 6) is -0.250. The fraction of sp³-hybridized carbons (Fsp3) is 0.214. The first-order valence-electron chi connectivity index (χ1n) is 12.3. The van der Waals surface area contributed by atoms with Crippen LogP contribution in [0.1, 0.15) is 17.5 Å². The minimum absolute atomic E-state index is 0.0830. The molecule has 1 atom stereocenters. The lowest BCUT2D eigenvalue weighted by molar-refractivity contribution is -0.137. The molecule has 11 heteroatoms. The van der Waals surface area contributed by atoms with Gasteiger partial charge < -0.3 is 19.9 Å². The number of anilines is 2. The van der Waals surface area contributed by atoms with Gasteiger partial charge in [-0.1, -0.05) is 30.3 Å². The van der Waals surface area contributed by atoms with Gasteiger partial charge in [-0.3, -0.25) is 9.69 Å². The van der Waals surface area contributed by atoms with E-state index in [1.54, 1.807) is 24.3 Å². The zero-order valence-electron chi connectivity index (χ0n) is 20.5. The van der Waals surface area contributed by atoms with Crippen molar-refractivity contribution in [1.29, 1.82) is 0 Å². The first-order valence-corrected chi connectivity index (χ1v) is 12.3. The molecule has 200 valence electrons. The van der Waals surface area contributed by atoms with Gasteiger partial charge in [-0.2, -0.15) is 13.2 Å². The van der Waals surface area contributed by atoms with Gasteiger partial charge in [0.25, 0.3) is 5.91 Å². The molecule has 3 heterocycles. The molecule has 1 amide bonds. The minimum atomic E-state index is -4.46. The lowest BCUT2D eigenvalue weighted by Gasteiger charge is -2.42. The molecule has 0 spiro atoms. The fourth-order valence-corrected chi connectivity index (χ4v) is 4.85. The van der Waals surface area contributed by atoms with E-state index in [9.17, 15) is 22.4 Å². The Hall–Kier alpha value is -4.38. The number of para-hydroxylation sites is 1. The zero-order valence-corrected chi connectivity index (χ0v) is 20.5. The van der Waals surface area contributed by atoms with Crippen molar-refractivity contribution in [2.24, 2.45) is 0 Å². The van der Waals surface area contributed by atoms with Crippen molar-refractivity contribution in [3.63, 3.8) is 0 Å². The van der Waals surface area contributed by atoms with Crippen LogP contribution in [0.3, 0.4) is 0 Å². The molecule has 2 N–H and O–H groups in total. The van der Waals surface area contributed by atoms with E-state index in [-0.39, 0.29) is 30.4 Å². The third-order valence-corrected chi connectivity index (χ3v) is 6.78. The molecule has 0 saturated heterocycles. The fourth-order valence-electron chi connectivity index (χ4n) is 4.85. The molecule has 1 aromatic heterocycles. The number of amides is 1. The molecular weight excluding hydrogens is 514 g/mol. The van der Waals surface area contributed by atoms with E-state index in [1.807, 2.05) is 23.1 Å². The van der Waals surface area contributed by atoms with Gasteiger partial charge in [0, 0.05) is 24.4 Å². The predicted octanol–water partition coefficient (Wildman–Crippen LogP) is 5.32. The Kier molecular flexibility index (Phi) is 6.22. The molecule has 4 aromatic rings. The van der Waals surface area contributed by atoms with E-state index in [0.29, 0.717) is 41.3 Å². The summed E-state index contributed by atoms with van der Waals surface area (Å²) in [5, 5.41) is 3.33. The van der Waals surface area contributed by atoms with E-state index >= 15 is 0 Å². The summed E-state index contributed by atoms with van der Waals surface area (Å²) in [4.78, 5) is 24.6. The van der Waals surface area contributed by atoms with Gasteiger partial charge in [-0.15, -0.1) is 0 Å². The highest BCUT2D eigenvalue weighted by Crippen LogP contribution is 2.33. The maximum atomic E-state index is 13.8. The Labute approximate surface area is 220 Å². The van der Waals surface area contributed by atoms with Crippen molar-refractivity contribution < 1.29 is 27.1 Å². The third kappa shape index (κ3) is 4.92. The van der Waals surface area contributed by atoms with Crippen LogP contribution in [0.2, 0.25) is 0 Å². The molecule has 0 radical (unpaired) electrons. The summed E-state index contributed by atoms with van der Waals surface area (Å²) in [6.07, 6.45) is -4.81. The van der Waals surface area contributed by atoms with E-state index in [2.05, 4.69) is 15.3 Å². The van der Waals surface area contributed by atoms with Gasteiger partial charge in [0.05, 0.1) is 35.3 Å². The van der Waals surface area contributed by atoms with Crippen molar-refractivity contribution in [2.75, 3.05) is 22.9 Å². The molecule has 6 rings (SSSR count). The predicted molar refractivity (Wildman–Crippen MR) is 137 cm³/mol. The monoisotopic (exact) mass is 537 g/mol. The number of H-pyrrole nitrogens is 1. The highest BCUT2D eigenvalue weighted by atomic mass is 19.4. The standard InChI is InChI=1S/C28H23F4N5O2/c29-19-6-4-5-17(13-19)16-39-27-35-22-11-12-36(15-21(22)25(38)37(27)20-7-2-1-3-8-20)26-33-23-10-9-18(28(30,31)32)14-24(23)34-26/h1-10,13-14,27,35H,11-12,15-16H2,(H,33,34). The summed E-state index contributed by atoms with van der Waals surface area (Å²) in [7, 11) is 0. The molecule has 3 aromatic carbocycles. The number of nitrogens with zero attached hydrogens (tertiary/aromatic N) is 3. The Bertz CT molecular complexity index is 1570. The lowest BCUT2D eigenvalue weighted by Crippen LogP contribution is -2.58. The van der Waals surface area contributed by atoms with Gasteiger partial charge in [0.2, 0.25) is 12.3 Å². The summed E-state index contributed by atoms with van der Waals surface area (Å²) >= 11 is 0. The normalized spacial score (nSPS) is 17.9. The summed E-state index contributed by atoms with van der Waals surface area (Å²) < 4.78 is 59.2. The van der Waals surface area contributed by atoms with Gasteiger partial charge in [-0.05, 0) is 48.0 Å². The Morgan fingerprint density at radius 2 is 1.85 bits per heavy atom. The average Bonchev–Trinajstić information content (AvgIpc) is 3.36. The van der Waals surface area contributed by atoms with Crippen LogP contribution >= 0.6 is 0 Å². The van der Waals surface area contributed by atoms with Crippen LogP contribution in [-0.4, -0.2) is 35.3 Å². The number of imidazole rings is 1. The highest BCUT2D eigenvalue weighted by Gasteiger charge is 2.38. The van der Waals surface area contributed by atoms with E-state index in [0.717, 1.165) is 17.8 Å². The molecule has 0 saturated carbocycles. The number of halogens is 4. The first-order chi connectivity index (χ1) is 18.8. The second-order valence-electron chi connectivity index (χ2n) is 9.37. The van der Waals surface area contributed by atoms with Gasteiger partial charge in [0.1, 0.15) is 5.82 Å². The molecule has 7 nitrogen and oxygen atoms in total. The van der Waals surface area contributed by atoms with Gasteiger partial charge >= 0.3 is 6.18 Å². The van der Waals surface area contributed by atoms with Crippen LogP contribution < -0.4 is 15.1 Å². The second kappa shape index (κ2) is 9.73. The van der Waals surface area contributed by atoms with E-state index < -0.39 is 18.1 Å². The molecule has 0 bridgehead atoms. The van der Waals surface area contributed by atoms with Gasteiger partial charge in [-0.25, -0.2) is 9.37 Å². The largest absolute Gasteiger partial charge is 0.416 e. The van der Waals surface area contributed by atoms with Crippen molar-refractivity contribution in [3.8, 4) is 0 Å². The Morgan fingerprint density at radius 3 is 2.62 bits per heavy atom. The number of rotatable bonds is 5. The number of alkyl halides is 3. The third-order valence-electron chi connectivity index (χ3n) is 6.78. The van der Waals surface area contributed by atoms with Crippen molar-refractivity contribution in [1.82, 2.24) is 15.3 Å². The van der Waals surface area contributed by atoms with Crippen LogP contribution in [0, 0.1) is 5.82 Å². The summed E-state index contributed by atoms with van der Waals surface area (Å²) in [6.45, 7) is 0.764. The van der Waals surface area contributed by atoms with Crippen LogP contribution in [0.25, 0.3) is 11.0 Å². The number of fused-ring (bicyclic) bond motifs is 1. The summed E-state index contributed by atoms with van der Waals surface area (Å²) in [5.41, 5.74) is 2.39. The SMILES string of the molecule is O=C1C2=C(CCN(c3nc4ccc(C(F)(F)F)cc4[nH]3)C2)NC(OCc2cccc(F)c2)N1c1ccccc1. The van der Waals surface area contributed by atoms with Crippen molar-refractivity contribution >= 4 is 28.6 Å². The number of aromatic amines is 1. The number of nitrogens with one attached hydrogen (secondary N) is 2. The van der Waals surface area contributed by atoms with Crippen molar-refractivity contribution in [2.45, 2.75) is 25.6 Å². The molecule has 0 fully saturated rings. The number of aromatic nitrogens is 2. The number of ether oxygens (including phenoxy) is 1. The molecule has 39 heavy (non-hydrogen) atoms. The lowest BCUT2D eigenvalue weighted by atomic mass is 10.0. The van der Waals surface area contributed by atoms with Crippen LogP contribution in [-0.2, 0) is 22.3 Å². The van der Waals surface area contributed by atoms with Gasteiger partial charge in [0.15, 0.2) is 0 Å². The molecule has 0 aliphatic carbocycles. The molecule has 1 unspecified atom stereocenters. The Morgan fingerprint density at radius 1 is 1.03 bits per heavy atom. The molecular formula is C28H23F4N5O2. The number of hydrogen-bond acceptors (Lipinski definition) is 5. The van der Waals surface area contributed by atoms with Crippen LogP contribution in [0.4, 0.5) is 29.2 Å². The quantitative estimate of drug-likeness (QED) is 0.337. The second-order valence-corrected chi connectivity index (χ2v) is 9.37. The van der Waals surface area contributed by atoms with E-state index in [4.69, 9.17) is 4.74 Å². The minimum Gasteiger partial charge on any atom is -0.345 e. The molecule has 2 aliphatic heterocycles. The zero-order chi connectivity index (χ0) is 27.1. The maximum absolute atomic E-state index is 13.8. The maximum Gasteiger partial charge on any atom is 0.416 e.